The first-order chi connectivity index (χ1) is 8.06. The van der Waals surface area contributed by atoms with Crippen molar-refractivity contribution in [1.29, 1.82) is 0 Å². The Morgan fingerprint density at radius 1 is 1.29 bits per heavy atom. The highest BCUT2D eigenvalue weighted by Gasteiger charge is 2.08. The molecule has 3 N–H and O–H groups in total. The normalized spacial score (nSPS) is 10.5. The van der Waals surface area contributed by atoms with E-state index < -0.39 is 11.6 Å². The molecule has 2 rings (SSSR count). The highest BCUT2D eigenvalue weighted by molar-refractivity contribution is 5.66. The van der Waals surface area contributed by atoms with E-state index in [-0.39, 0.29) is 11.4 Å². The first-order valence-electron chi connectivity index (χ1n) is 5.10. The van der Waals surface area contributed by atoms with Gasteiger partial charge in [-0.1, -0.05) is 0 Å². The van der Waals surface area contributed by atoms with Crippen molar-refractivity contribution in [3.63, 3.8) is 0 Å². The van der Waals surface area contributed by atoms with Crippen molar-refractivity contribution >= 4 is 11.4 Å². The minimum absolute atomic E-state index is 0.102. The molecule has 1 aromatic heterocycles. The van der Waals surface area contributed by atoms with E-state index in [2.05, 4.69) is 5.32 Å². The number of rotatable bonds is 3. The minimum Gasteiger partial charge on any atom is -0.465 e. The maximum absolute atomic E-state index is 13.1. The Hall–Kier alpha value is -2.04. The number of benzene rings is 1. The van der Waals surface area contributed by atoms with Crippen LogP contribution in [0.3, 0.4) is 0 Å². The van der Waals surface area contributed by atoms with E-state index in [0.29, 0.717) is 12.3 Å². The number of aryl methyl sites for hydroxylation is 1. The molecule has 0 fully saturated rings. The summed E-state index contributed by atoms with van der Waals surface area (Å²) in [5.41, 5.74) is 5.60. The summed E-state index contributed by atoms with van der Waals surface area (Å²) in [5, 5.41) is 2.83. The third-order valence-electron chi connectivity index (χ3n) is 2.34. The molecule has 0 aliphatic heterocycles. The summed E-state index contributed by atoms with van der Waals surface area (Å²) < 4.78 is 31.4. The van der Waals surface area contributed by atoms with Gasteiger partial charge in [-0.05, 0) is 25.1 Å². The van der Waals surface area contributed by atoms with Crippen LogP contribution in [-0.2, 0) is 6.54 Å². The van der Waals surface area contributed by atoms with Crippen molar-refractivity contribution in [3.05, 3.63) is 47.4 Å². The molecule has 0 bridgehead atoms. The lowest BCUT2D eigenvalue weighted by atomic mass is 10.2. The summed E-state index contributed by atoms with van der Waals surface area (Å²) >= 11 is 0. The summed E-state index contributed by atoms with van der Waals surface area (Å²) in [6.07, 6.45) is 0. The van der Waals surface area contributed by atoms with Crippen molar-refractivity contribution in [2.24, 2.45) is 0 Å². The van der Waals surface area contributed by atoms with E-state index in [0.717, 1.165) is 17.9 Å². The lowest BCUT2D eigenvalue weighted by Gasteiger charge is -2.08. The number of nitrogen functional groups attached to an aromatic ring is 1. The molecule has 0 radical (unpaired) electrons. The van der Waals surface area contributed by atoms with E-state index >= 15 is 0 Å². The SMILES string of the molecule is Cc1ccc(CNc2cc(F)cc(F)c2N)o1. The van der Waals surface area contributed by atoms with Gasteiger partial charge in [0.2, 0.25) is 0 Å². The summed E-state index contributed by atoms with van der Waals surface area (Å²) in [6.45, 7) is 2.14. The predicted molar refractivity (Wildman–Crippen MR) is 61.5 cm³/mol. The van der Waals surface area contributed by atoms with E-state index in [9.17, 15) is 8.78 Å². The van der Waals surface area contributed by atoms with E-state index in [4.69, 9.17) is 10.2 Å². The number of hydrogen-bond acceptors (Lipinski definition) is 3. The largest absolute Gasteiger partial charge is 0.465 e. The Bertz CT molecular complexity index is 537. The third kappa shape index (κ3) is 2.55. The second-order valence-corrected chi connectivity index (χ2v) is 3.71. The monoisotopic (exact) mass is 238 g/mol. The van der Waals surface area contributed by atoms with Gasteiger partial charge in [0.05, 0.1) is 17.9 Å². The Kier molecular flexibility index (Phi) is 2.99. The van der Waals surface area contributed by atoms with Crippen molar-refractivity contribution in [2.45, 2.75) is 13.5 Å². The van der Waals surface area contributed by atoms with Crippen LogP contribution < -0.4 is 11.1 Å². The molecule has 0 aliphatic carbocycles. The molecule has 0 atom stereocenters. The fourth-order valence-corrected chi connectivity index (χ4v) is 1.49. The molecule has 2 aromatic rings. The highest BCUT2D eigenvalue weighted by atomic mass is 19.1. The molecular weight excluding hydrogens is 226 g/mol. The number of halogens is 2. The molecule has 1 aromatic carbocycles. The maximum Gasteiger partial charge on any atom is 0.151 e. The van der Waals surface area contributed by atoms with Crippen molar-refractivity contribution in [3.8, 4) is 0 Å². The number of furan rings is 1. The predicted octanol–water partition coefficient (Wildman–Crippen LogP) is 3.06. The average molecular weight is 238 g/mol. The summed E-state index contributed by atoms with van der Waals surface area (Å²) in [6, 6.07) is 5.49. The zero-order chi connectivity index (χ0) is 12.4. The molecule has 0 aliphatic rings. The molecular formula is C12H12F2N2O. The van der Waals surface area contributed by atoms with E-state index in [1.807, 2.05) is 13.0 Å². The maximum atomic E-state index is 13.1. The van der Waals surface area contributed by atoms with Crippen LogP contribution in [0.1, 0.15) is 11.5 Å². The van der Waals surface area contributed by atoms with E-state index in [1.54, 1.807) is 6.07 Å². The smallest absolute Gasteiger partial charge is 0.151 e. The van der Waals surface area contributed by atoms with E-state index in [1.165, 1.54) is 0 Å². The van der Waals surface area contributed by atoms with Gasteiger partial charge >= 0.3 is 0 Å². The molecule has 0 saturated carbocycles. The molecule has 90 valence electrons. The zero-order valence-corrected chi connectivity index (χ0v) is 9.26. The first kappa shape index (κ1) is 11.4. The molecule has 0 spiro atoms. The van der Waals surface area contributed by atoms with Crippen LogP contribution in [0.2, 0.25) is 0 Å². The molecule has 0 amide bonds. The number of nitrogens with two attached hydrogens (primary N) is 1. The van der Waals surface area contributed by atoms with Crippen LogP contribution in [0, 0.1) is 18.6 Å². The van der Waals surface area contributed by atoms with Crippen LogP contribution in [0.15, 0.2) is 28.7 Å². The van der Waals surface area contributed by atoms with Crippen LogP contribution in [0.4, 0.5) is 20.2 Å². The van der Waals surface area contributed by atoms with Gasteiger partial charge in [0.1, 0.15) is 17.3 Å². The summed E-state index contributed by atoms with van der Waals surface area (Å²) in [7, 11) is 0. The fourth-order valence-electron chi connectivity index (χ4n) is 1.49. The Labute approximate surface area is 97.2 Å². The third-order valence-corrected chi connectivity index (χ3v) is 2.34. The Morgan fingerprint density at radius 3 is 2.71 bits per heavy atom. The standard InChI is InChI=1S/C12H12F2N2O/c1-7-2-3-9(17-7)6-16-11-5-8(13)4-10(14)12(11)15/h2-5,16H,6,15H2,1H3. The van der Waals surface area contributed by atoms with Crippen LogP contribution in [0.5, 0.6) is 0 Å². The number of nitrogens with one attached hydrogen (secondary N) is 1. The number of anilines is 2. The average Bonchev–Trinajstić information content (AvgIpc) is 2.67. The fraction of sp³-hybridized carbons (Fsp3) is 0.167. The van der Waals surface area contributed by atoms with Gasteiger partial charge in [-0.15, -0.1) is 0 Å². The van der Waals surface area contributed by atoms with Crippen molar-refractivity contribution in [1.82, 2.24) is 0 Å². The van der Waals surface area contributed by atoms with Gasteiger partial charge in [0.25, 0.3) is 0 Å². The van der Waals surface area contributed by atoms with Gasteiger partial charge in [0.15, 0.2) is 5.82 Å². The van der Waals surface area contributed by atoms with Crippen LogP contribution >= 0.6 is 0 Å². The van der Waals surface area contributed by atoms with Crippen LogP contribution in [-0.4, -0.2) is 0 Å². The first-order valence-corrected chi connectivity index (χ1v) is 5.10. The quantitative estimate of drug-likeness (QED) is 0.808. The van der Waals surface area contributed by atoms with Gasteiger partial charge in [-0.25, -0.2) is 8.78 Å². The van der Waals surface area contributed by atoms with Gasteiger partial charge in [0, 0.05) is 6.07 Å². The van der Waals surface area contributed by atoms with Crippen molar-refractivity contribution < 1.29 is 13.2 Å². The highest BCUT2D eigenvalue weighted by Crippen LogP contribution is 2.24. The zero-order valence-electron chi connectivity index (χ0n) is 9.26. The number of hydrogen-bond donors (Lipinski definition) is 2. The Morgan fingerprint density at radius 2 is 2.06 bits per heavy atom. The second kappa shape index (κ2) is 4.45. The second-order valence-electron chi connectivity index (χ2n) is 3.71. The Balaban J connectivity index is 2.14. The molecule has 17 heavy (non-hydrogen) atoms. The summed E-state index contributed by atoms with van der Waals surface area (Å²) in [5.74, 6) is 0.00437. The summed E-state index contributed by atoms with van der Waals surface area (Å²) in [4.78, 5) is 0. The molecule has 5 heteroatoms. The van der Waals surface area contributed by atoms with Gasteiger partial charge < -0.3 is 15.5 Å². The lowest BCUT2D eigenvalue weighted by molar-refractivity contribution is 0.490. The molecule has 1 heterocycles. The lowest BCUT2D eigenvalue weighted by Crippen LogP contribution is -2.04. The van der Waals surface area contributed by atoms with Crippen molar-refractivity contribution in [2.75, 3.05) is 11.1 Å². The molecule has 3 nitrogen and oxygen atoms in total. The molecule has 0 saturated heterocycles. The van der Waals surface area contributed by atoms with Gasteiger partial charge in [-0.3, -0.25) is 0 Å². The molecule has 0 unspecified atom stereocenters. The topological polar surface area (TPSA) is 51.2 Å². The minimum atomic E-state index is -0.775. The van der Waals surface area contributed by atoms with Crippen LogP contribution in [0.25, 0.3) is 0 Å². The van der Waals surface area contributed by atoms with Gasteiger partial charge in [-0.2, -0.15) is 0 Å².